The first kappa shape index (κ1) is 18.0. The summed E-state index contributed by atoms with van der Waals surface area (Å²) in [4.78, 5) is 12.5. The van der Waals surface area contributed by atoms with Gasteiger partial charge in [0.05, 0.1) is 11.6 Å². The second-order valence-electron chi connectivity index (χ2n) is 5.62. The molecule has 132 valence electrons. The number of hydrogen-bond acceptors (Lipinski definition) is 4. The molecule has 3 rings (SSSR count). The van der Waals surface area contributed by atoms with Crippen molar-refractivity contribution in [3.63, 3.8) is 0 Å². The number of nitrogens with zero attached hydrogens (tertiary/aromatic N) is 1. The second kappa shape index (κ2) is 9.02. The van der Waals surface area contributed by atoms with Crippen LogP contribution in [-0.2, 0) is 0 Å². The Bertz CT molecular complexity index is 971. The molecule has 0 saturated heterocycles. The number of rotatable bonds is 6. The van der Waals surface area contributed by atoms with Crippen LogP contribution in [0.4, 0.5) is 0 Å². The summed E-state index contributed by atoms with van der Waals surface area (Å²) < 4.78 is 11.1. The number of nitriles is 1. The van der Waals surface area contributed by atoms with Crippen LogP contribution in [0.1, 0.15) is 10.4 Å². The predicted octanol–water partition coefficient (Wildman–Crippen LogP) is 5.03. The summed E-state index contributed by atoms with van der Waals surface area (Å²) in [6, 6.07) is 25.8. The van der Waals surface area contributed by atoms with Gasteiger partial charge in [0.1, 0.15) is 18.1 Å². The van der Waals surface area contributed by atoms with Gasteiger partial charge in [0, 0.05) is 11.6 Å². The Kier molecular flexibility index (Phi) is 6.00. The zero-order valence-electron chi connectivity index (χ0n) is 14.5. The van der Waals surface area contributed by atoms with Crippen molar-refractivity contribution in [3.05, 3.63) is 96.6 Å². The van der Waals surface area contributed by atoms with Crippen LogP contribution in [0.2, 0.25) is 0 Å². The van der Waals surface area contributed by atoms with Crippen LogP contribution in [0.5, 0.6) is 11.5 Å². The maximum Gasteiger partial charge on any atom is 0.343 e. The molecule has 0 aliphatic heterocycles. The average molecular weight is 355 g/mol. The maximum atomic E-state index is 12.5. The van der Waals surface area contributed by atoms with Crippen LogP contribution in [0.25, 0.3) is 11.1 Å². The highest BCUT2D eigenvalue weighted by atomic mass is 16.5. The highest BCUT2D eigenvalue weighted by Gasteiger charge is 2.12. The Morgan fingerprint density at radius 1 is 0.926 bits per heavy atom. The van der Waals surface area contributed by atoms with Crippen molar-refractivity contribution in [2.24, 2.45) is 0 Å². The van der Waals surface area contributed by atoms with E-state index >= 15 is 0 Å². The van der Waals surface area contributed by atoms with Crippen LogP contribution < -0.4 is 9.47 Å². The van der Waals surface area contributed by atoms with Gasteiger partial charge in [-0.05, 0) is 42.0 Å². The van der Waals surface area contributed by atoms with Crippen molar-refractivity contribution >= 4 is 5.97 Å². The van der Waals surface area contributed by atoms with Crippen molar-refractivity contribution in [1.82, 2.24) is 0 Å². The van der Waals surface area contributed by atoms with E-state index in [-0.39, 0.29) is 0 Å². The molecule has 0 aliphatic carbocycles. The molecule has 0 aliphatic rings. The second-order valence-corrected chi connectivity index (χ2v) is 5.62. The molecule has 0 radical (unpaired) electrons. The smallest absolute Gasteiger partial charge is 0.343 e. The number of allylic oxidation sites excluding steroid dienone is 1. The standard InChI is InChI=1S/C23H17NO3/c24-16-6-7-17-26-20-14-12-19(13-15-20)23(25)27-22-11-5-4-10-21(22)18-8-2-1-3-9-18/h1-15H,17H2/b7-6+. The van der Waals surface area contributed by atoms with Crippen LogP contribution in [0.15, 0.2) is 91.0 Å². The molecule has 4 heteroatoms. The third-order valence-electron chi connectivity index (χ3n) is 3.80. The molecule has 0 heterocycles. The number of benzene rings is 3. The Morgan fingerprint density at radius 2 is 1.63 bits per heavy atom. The molecule has 0 aromatic heterocycles. The monoisotopic (exact) mass is 355 g/mol. The molecule has 27 heavy (non-hydrogen) atoms. The molecule has 3 aromatic rings. The largest absolute Gasteiger partial charge is 0.490 e. The lowest BCUT2D eigenvalue weighted by Gasteiger charge is -2.10. The zero-order chi connectivity index (χ0) is 18.9. The molecule has 0 spiro atoms. The number of carbonyl (C=O) groups is 1. The van der Waals surface area contributed by atoms with Gasteiger partial charge in [-0.3, -0.25) is 0 Å². The summed E-state index contributed by atoms with van der Waals surface area (Å²) in [6.07, 6.45) is 2.97. The molecule has 0 amide bonds. The van der Waals surface area contributed by atoms with Crippen LogP contribution >= 0.6 is 0 Å². The summed E-state index contributed by atoms with van der Waals surface area (Å²) in [5.74, 6) is 0.684. The molecule has 0 unspecified atom stereocenters. The van der Waals surface area contributed by atoms with Gasteiger partial charge in [-0.1, -0.05) is 48.5 Å². The van der Waals surface area contributed by atoms with Gasteiger partial charge in [0.25, 0.3) is 0 Å². The summed E-state index contributed by atoms with van der Waals surface area (Å²) in [5, 5.41) is 8.43. The van der Waals surface area contributed by atoms with Crippen molar-refractivity contribution in [2.45, 2.75) is 0 Å². The Balaban J connectivity index is 1.71. The van der Waals surface area contributed by atoms with Gasteiger partial charge in [0.15, 0.2) is 0 Å². The van der Waals surface area contributed by atoms with E-state index in [2.05, 4.69) is 0 Å². The zero-order valence-corrected chi connectivity index (χ0v) is 14.5. The van der Waals surface area contributed by atoms with E-state index in [9.17, 15) is 4.79 Å². The summed E-state index contributed by atoms with van der Waals surface area (Å²) in [5.41, 5.74) is 2.27. The van der Waals surface area contributed by atoms with Crippen LogP contribution in [-0.4, -0.2) is 12.6 Å². The van der Waals surface area contributed by atoms with Crippen LogP contribution in [0.3, 0.4) is 0 Å². The number of ether oxygens (including phenoxy) is 2. The average Bonchev–Trinajstić information content (AvgIpc) is 2.73. The lowest BCUT2D eigenvalue weighted by atomic mass is 10.0. The number of carbonyl (C=O) groups excluding carboxylic acids is 1. The Labute approximate surface area is 157 Å². The molecule has 0 N–H and O–H groups in total. The molecule has 4 nitrogen and oxygen atoms in total. The van der Waals surface area contributed by atoms with Crippen LogP contribution in [0, 0.1) is 11.3 Å². The third kappa shape index (κ3) is 4.83. The number of hydrogen-bond donors (Lipinski definition) is 0. The predicted molar refractivity (Wildman–Crippen MR) is 104 cm³/mol. The van der Waals surface area contributed by atoms with Crippen molar-refractivity contribution in [3.8, 4) is 28.7 Å². The molecular weight excluding hydrogens is 338 g/mol. The topological polar surface area (TPSA) is 59.3 Å². The van der Waals surface area contributed by atoms with Gasteiger partial charge in [0.2, 0.25) is 0 Å². The van der Waals surface area contributed by atoms with Crippen molar-refractivity contribution < 1.29 is 14.3 Å². The van der Waals surface area contributed by atoms with E-state index in [1.807, 2.05) is 54.6 Å². The highest BCUT2D eigenvalue weighted by Crippen LogP contribution is 2.30. The van der Waals surface area contributed by atoms with E-state index in [0.717, 1.165) is 11.1 Å². The fourth-order valence-corrected chi connectivity index (χ4v) is 2.50. The van der Waals surface area contributed by atoms with E-state index < -0.39 is 5.97 Å². The van der Waals surface area contributed by atoms with E-state index in [1.54, 1.807) is 36.4 Å². The first-order valence-electron chi connectivity index (χ1n) is 8.42. The van der Waals surface area contributed by atoms with Gasteiger partial charge in [-0.25, -0.2) is 4.79 Å². The molecule has 0 saturated carbocycles. The normalized spacial score (nSPS) is 10.3. The van der Waals surface area contributed by atoms with E-state index in [1.165, 1.54) is 6.08 Å². The Morgan fingerprint density at radius 3 is 2.37 bits per heavy atom. The lowest BCUT2D eigenvalue weighted by molar-refractivity contribution is 0.0735. The first-order chi connectivity index (χ1) is 13.3. The molecule has 0 atom stereocenters. The van der Waals surface area contributed by atoms with Gasteiger partial charge in [-0.15, -0.1) is 0 Å². The highest BCUT2D eigenvalue weighted by molar-refractivity contribution is 5.92. The molecule has 0 fully saturated rings. The molecule has 3 aromatic carbocycles. The van der Waals surface area contributed by atoms with E-state index in [0.29, 0.717) is 23.7 Å². The van der Waals surface area contributed by atoms with E-state index in [4.69, 9.17) is 14.7 Å². The van der Waals surface area contributed by atoms with Crippen molar-refractivity contribution in [2.75, 3.05) is 6.61 Å². The van der Waals surface area contributed by atoms with Gasteiger partial charge < -0.3 is 9.47 Å². The lowest BCUT2D eigenvalue weighted by Crippen LogP contribution is -2.09. The minimum atomic E-state index is -0.436. The fourth-order valence-electron chi connectivity index (χ4n) is 2.50. The number of esters is 1. The first-order valence-corrected chi connectivity index (χ1v) is 8.42. The van der Waals surface area contributed by atoms with Gasteiger partial charge >= 0.3 is 5.97 Å². The summed E-state index contributed by atoms with van der Waals surface area (Å²) >= 11 is 0. The Hall–Kier alpha value is -3.84. The fraction of sp³-hybridized carbons (Fsp3) is 0.0435. The maximum absolute atomic E-state index is 12.5. The minimum absolute atomic E-state index is 0.293. The summed E-state index contributed by atoms with van der Waals surface area (Å²) in [6.45, 7) is 0.293. The molecular formula is C23H17NO3. The number of para-hydroxylation sites is 1. The third-order valence-corrected chi connectivity index (χ3v) is 3.80. The van der Waals surface area contributed by atoms with Crippen molar-refractivity contribution in [1.29, 1.82) is 5.26 Å². The SMILES string of the molecule is N#C/C=C/COc1ccc(C(=O)Oc2ccccc2-c2ccccc2)cc1. The quantitative estimate of drug-likeness (QED) is 0.353. The van der Waals surface area contributed by atoms with Gasteiger partial charge in [-0.2, -0.15) is 5.26 Å². The molecule has 0 bridgehead atoms. The summed E-state index contributed by atoms with van der Waals surface area (Å²) in [7, 11) is 0. The minimum Gasteiger partial charge on any atom is -0.490 e.